The third-order valence-corrected chi connectivity index (χ3v) is 4.06. The molecule has 0 spiro atoms. The van der Waals surface area contributed by atoms with Crippen molar-refractivity contribution in [2.75, 3.05) is 5.75 Å². The number of H-pyrrole nitrogens is 1. The summed E-state index contributed by atoms with van der Waals surface area (Å²) in [5, 5.41) is 2.64. The number of rotatable bonds is 1. The van der Waals surface area contributed by atoms with Crippen LogP contribution in [0.25, 0.3) is 0 Å². The molecule has 6 heteroatoms. The molecular weight excluding hydrogens is 204 g/mol. The Balaban J connectivity index is 2.60. The fraction of sp³-hybridized carbons (Fsp3) is 0.625. The third-order valence-electron chi connectivity index (χ3n) is 2.52. The van der Waals surface area contributed by atoms with Crippen LogP contribution >= 0.6 is 0 Å². The fourth-order valence-electron chi connectivity index (χ4n) is 1.78. The quantitative estimate of drug-likeness (QED) is 0.698. The highest BCUT2D eigenvalue weighted by Crippen LogP contribution is 2.17. The highest BCUT2D eigenvalue weighted by atomic mass is 32.2. The first-order valence-electron chi connectivity index (χ1n) is 4.54. The lowest BCUT2D eigenvalue weighted by Crippen LogP contribution is -2.22. The Kier molecular flexibility index (Phi) is 2.02. The Morgan fingerprint density at radius 3 is 2.86 bits per heavy atom. The van der Waals surface area contributed by atoms with Crippen LogP contribution in [-0.2, 0) is 28.6 Å². The van der Waals surface area contributed by atoms with Crippen LogP contribution in [0.4, 0.5) is 0 Å². The molecule has 2 heterocycles. The first-order chi connectivity index (χ1) is 6.53. The summed E-state index contributed by atoms with van der Waals surface area (Å²) in [6.45, 7) is 2.47. The molecule has 1 aromatic rings. The lowest BCUT2D eigenvalue weighted by molar-refractivity contribution is 0.580. The second kappa shape index (κ2) is 2.98. The van der Waals surface area contributed by atoms with E-state index in [0.29, 0.717) is 24.2 Å². The van der Waals surface area contributed by atoms with Gasteiger partial charge in [0, 0.05) is 12.1 Å². The highest BCUT2D eigenvalue weighted by molar-refractivity contribution is 7.90. The average Bonchev–Trinajstić information content (AvgIpc) is 2.40. The maximum Gasteiger partial charge on any atom is 0.267 e. The summed E-state index contributed by atoms with van der Waals surface area (Å²) < 4.78 is 24.3. The van der Waals surface area contributed by atoms with E-state index in [2.05, 4.69) is 5.10 Å². The van der Waals surface area contributed by atoms with Gasteiger partial charge in [-0.15, -0.1) is 0 Å². The van der Waals surface area contributed by atoms with Crippen molar-refractivity contribution in [1.82, 2.24) is 9.78 Å². The van der Waals surface area contributed by atoms with Gasteiger partial charge >= 0.3 is 0 Å². The zero-order valence-corrected chi connectivity index (χ0v) is 8.73. The van der Waals surface area contributed by atoms with Crippen molar-refractivity contribution < 1.29 is 8.42 Å². The van der Waals surface area contributed by atoms with Crippen LogP contribution in [0.5, 0.6) is 0 Å². The SMILES string of the molecule is CCn1[nH]c(=O)c2c1CS(=O)(=O)CC2. The molecule has 1 aromatic heterocycles. The third kappa shape index (κ3) is 1.39. The van der Waals surface area contributed by atoms with Crippen molar-refractivity contribution in [1.29, 1.82) is 0 Å². The van der Waals surface area contributed by atoms with Gasteiger partial charge in [-0.05, 0) is 13.3 Å². The van der Waals surface area contributed by atoms with Crippen molar-refractivity contribution in [2.24, 2.45) is 0 Å². The lowest BCUT2D eigenvalue weighted by Gasteiger charge is -2.13. The molecule has 0 fully saturated rings. The van der Waals surface area contributed by atoms with Crippen molar-refractivity contribution in [3.05, 3.63) is 21.6 Å². The van der Waals surface area contributed by atoms with Gasteiger partial charge in [-0.25, -0.2) is 8.42 Å². The molecule has 0 bridgehead atoms. The number of nitrogens with zero attached hydrogens (tertiary/aromatic N) is 1. The normalized spacial score (nSPS) is 19.2. The maximum absolute atomic E-state index is 11.4. The minimum Gasteiger partial charge on any atom is -0.288 e. The van der Waals surface area contributed by atoms with E-state index >= 15 is 0 Å². The molecule has 78 valence electrons. The average molecular weight is 216 g/mol. The minimum absolute atomic E-state index is 0.00505. The molecule has 1 aliphatic heterocycles. The molecule has 1 N–H and O–H groups in total. The Labute approximate surface area is 81.6 Å². The van der Waals surface area contributed by atoms with E-state index in [4.69, 9.17) is 0 Å². The zero-order valence-electron chi connectivity index (χ0n) is 7.91. The molecule has 1 aliphatic rings. The van der Waals surface area contributed by atoms with Gasteiger partial charge in [-0.3, -0.25) is 14.6 Å². The Morgan fingerprint density at radius 1 is 1.50 bits per heavy atom. The van der Waals surface area contributed by atoms with Crippen LogP contribution in [-0.4, -0.2) is 24.0 Å². The lowest BCUT2D eigenvalue weighted by atomic mass is 10.2. The Bertz CT molecular complexity index is 509. The van der Waals surface area contributed by atoms with Crippen molar-refractivity contribution in [3.8, 4) is 0 Å². The highest BCUT2D eigenvalue weighted by Gasteiger charge is 2.26. The van der Waals surface area contributed by atoms with Crippen LogP contribution in [0.1, 0.15) is 18.2 Å². The standard InChI is InChI=1S/C8H12N2O3S/c1-2-10-7-5-14(12,13)4-3-6(7)8(11)9-10/h2-5H2,1H3,(H,9,11). The van der Waals surface area contributed by atoms with E-state index in [1.165, 1.54) is 0 Å². The van der Waals surface area contributed by atoms with Crippen molar-refractivity contribution >= 4 is 9.84 Å². The number of sulfone groups is 1. The molecule has 0 saturated heterocycles. The van der Waals surface area contributed by atoms with Gasteiger partial charge in [-0.1, -0.05) is 0 Å². The summed E-state index contributed by atoms with van der Waals surface area (Å²) in [5.41, 5.74) is 1.14. The molecular formula is C8H12N2O3S. The van der Waals surface area contributed by atoms with Gasteiger partial charge in [0.2, 0.25) is 0 Å². The van der Waals surface area contributed by atoms with Crippen LogP contribution < -0.4 is 5.56 Å². The topological polar surface area (TPSA) is 71.9 Å². The maximum atomic E-state index is 11.4. The van der Waals surface area contributed by atoms with Gasteiger partial charge in [0.25, 0.3) is 5.56 Å². The molecule has 0 saturated carbocycles. The van der Waals surface area contributed by atoms with Gasteiger partial charge in [0.05, 0.1) is 17.2 Å². The minimum atomic E-state index is -3.00. The Morgan fingerprint density at radius 2 is 2.21 bits per heavy atom. The van der Waals surface area contributed by atoms with Gasteiger partial charge in [-0.2, -0.15) is 0 Å². The van der Waals surface area contributed by atoms with Crippen molar-refractivity contribution in [3.63, 3.8) is 0 Å². The predicted molar refractivity (Wildman–Crippen MR) is 51.9 cm³/mol. The second-order valence-corrected chi connectivity index (χ2v) is 5.64. The summed E-state index contributed by atoms with van der Waals surface area (Å²) in [6.07, 6.45) is 0.347. The van der Waals surface area contributed by atoms with Gasteiger partial charge < -0.3 is 0 Å². The van der Waals surface area contributed by atoms with E-state index in [0.717, 1.165) is 0 Å². The summed E-state index contributed by atoms with van der Waals surface area (Å²) in [7, 11) is -3.00. The largest absolute Gasteiger partial charge is 0.288 e. The number of fused-ring (bicyclic) bond motifs is 1. The summed E-state index contributed by atoms with van der Waals surface area (Å²) >= 11 is 0. The number of aromatic nitrogens is 2. The number of aryl methyl sites for hydroxylation is 1. The van der Waals surface area contributed by atoms with Crippen LogP contribution in [0.3, 0.4) is 0 Å². The van der Waals surface area contributed by atoms with E-state index < -0.39 is 9.84 Å². The van der Waals surface area contributed by atoms with Crippen LogP contribution in [0.2, 0.25) is 0 Å². The molecule has 0 aliphatic carbocycles. The summed E-state index contributed by atoms with van der Waals surface area (Å²) in [4.78, 5) is 11.4. The Hall–Kier alpha value is -1.04. The first-order valence-corrected chi connectivity index (χ1v) is 6.36. The van der Waals surface area contributed by atoms with Gasteiger partial charge in [0.15, 0.2) is 9.84 Å². The van der Waals surface area contributed by atoms with Crippen LogP contribution in [0, 0.1) is 0 Å². The number of hydrogen-bond donors (Lipinski definition) is 1. The smallest absolute Gasteiger partial charge is 0.267 e. The summed E-state index contributed by atoms with van der Waals surface area (Å²) in [6, 6.07) is 0. The van der Waals surface area contributed by atoms with E-state index in [-0.39, 0.29) is 17.1 Å². The zero-order chi connectivity index (χ0) is 10.3. The van der Waals surface area contributed by atoms with Gasteiger partial charge in [0.1, 0.15) is 0 Å². The van der Waals surface area contributed by atoms with E-state index in [9.17, 15) is 13.2 Å². The fourth-order valence-corrected chi connectivity index (χ4v) is 3.19. The monoisotopic (exact) mass is 216 g/mol. The van der Waals surface area contributed by atoms with E-state index in [1.54, 1.807) is 4.68 Å². The number of nitrogens with one attached hydrogen (secondary N) is 1. The first kappa shape index (κ1) is 9.51. The molecule has 5 nitrogen and oxygen atoms in total. The number of aromatic amines is 1. The molecule has 0 amide bonds. The molecule has 2 rings (SSSR count). The van der Waals surface area contributed by atoms with E-state index in [1.807, 2.05) is 6.92 Å². The predicted octanol–water partition coefficient (Wildman–Crippen LogP) is -0.333. The molecule has 0 aromatic carbocycles. The van der Waals surface area contributed by atoms with Crippen molar-refractivity contribution in [2.45, 2.75) is 25.6 Å². The molecule has 0 unspecified atom stereocenters. The summed E-state index contributed by atoms with van der Waals surface area (Å²) in [5.74, 6) is 0.0890. The molecule has 0 atom stereocenters. The van der Waals surface area contributed by atoms with Crippen LogP contribution in [0.15, 0.2) is 4.79 Å². The molecule has 14 heavy (non-hydrogen) atoms. The second-order valence-electron chi connectivity index (χ2n) is 3.45. The number of hydrogen-bond acceptors (Lipinski definition) is 3. The molecule has 0 radical (unpaired) electrons.